The minimum Gasteiger partial charge on any atom is -0.458 e. The number of alkyl carbamates (subject to hydrolysis) is 1. The van der Waals surface area contributed by atoms with Gasteiger partial charge in [-0.3, -0.25) is 9.59 Å². The first kappa shape index (κ1) is 35.3. The second kappa shape index (κ2) is 15.5. The van der Waals surface area contributed by atoms with Crippen molar-refractivity contribution in [1.82, 2.24) is 15.5 Å². The summed E-state index contributed by atoms with van der Waals surface area (Å²) in [6, 6.07) is 13.8. The van der Waals surface area contributed by atoms with Crippen LogP contribution in [-0.2, 0) is 36.7 Å². The second-order valence-electron chi connectivity index (χ2n) is 12.7. The second-order valence-corrected chi connectivity index (χ2v) is 12.7. The average molecular weight is 596 g/mol. The zero-order valence-electron chi connectivity index (χ0n) is 27.2. The van der Waals surface area contributed by atoms with Gasteiger partial charge in [0.2, 0.25) is 11.8 Å². The van der Waals surface area contributed by atoms with Gasteiger partial charge in [0.1, 0.15) is 29.3 Å². The number of hydrogen-bond donors (Lipinski definition) is 2. The number of ether oxygens (including phenoxy) is 2. The number of carbonyl (C=O) groups excluding carboxylic acids is 4. The van der Waals surface area contributed by atoms with Crippen molar-refractivity contribution in [3.05, 3.63) is 71.3 Å². The molecule has 0 radical (unpaired) electrons. The summed E-state index contributed by atoms with van der Waals surface area (Å²) in [5.74, 6) is -1.55. The zero-order valence-corrected chi connectivity index (χ0v) is 27.2. The fraction of sp³-hybridized carbons (Fsp3) is 0.529. The molecule has 9 nitrogen and oxygen atoms in total. The third kappa shape index (κ3) is 11.7. The standard InChI is InChI=1S/C34H49N3O6/c1-10-21-37(30(39)23(3)35-32(41)43-34(7,8)9)28(26-19-17-24(11-2)18-20-26)29(38)36-27(31(40)42-33(4,5)6)22-25-15-13-12-14-16-25/h12-20,23,27-28H,10-11,21-22H2,1-9H3,(H,35,41)(H,36,38). The van der Waals surface area contributed by atoms with E-state index in [1.165, 1.54) is 4.90 Å². The number of amides is 3. The molecule has 9 heteroatoms. The first-order valence-corrected chi connectivity index (χ1v) is 15.0. The van der Waals surface area contributed by atoms with Crippen molar-refractivity contribution in [1.29, 1.82) is 0 Å². The van der Waals surface area contributed by atoms with Crippen molar-refractivity contribution in [2.45, 2.75) is 111 Å². The lowest BCUT2D eigenvalue weighted by Gasteiger charge is -2.34. The number of esters is 1. The van der Waals surface area contributed by atoms with Gasteiger partial charge in [0.15, 0.2) is 0 Å². The summed E-state index contributed by atoms with van der Waals surface area (Å²) in [4.78, 5) is 55.3. The van der Waals surface area contributed by atoms with E-state index in [-0.39, 0.29) is 13.0 Å². The zero-order chi connectivity index (χ0) is 32.4. The third-order valence-corrected chi connectivity index (χ3v) is 6.41. The van der Waals surface area contributed by atoms with E-state index in [9.17, 15) is 19.2 Å². The normalized spacial score (nSPS) is 13.7. The Morgan fingerprint density at radius 1 is 0.791 bits per heavy atom. The van der Waals surface area contributed by atoms with Gasteiger partial charge in [0.05, 0.1) is 0 Å². The van der Waals surface area contributed by atoms with Crippen molar-refractivity contribution < 1.29 is 28.7 Å². The van der Waals surface area contributed by atoms with Crippen LogP contribution in [0.1, 0.15) is 91.5 Å². The van der Waals surface area contributed by atoms with Gasteiger partial charge in [-0.25, -0.2) is 9.59 Å². The lowest BCUT2D eigenvalue weighted by molar-refractivity contribution is -0.159. The Kier molecular flexibility index (Phi) is 12.8. The number of carbonyl (C=O) groups is 4. The van der Waals surface area contributed by atoms with Gasteiger partial charge >= 0.3 is 12.1 Å². The molecule has 0 spiro atoms. The van der Waals surface area contributed by atoms with Gasteiger partial charge in [-0.05, 0) is 78.0 Å². The molecule has 2 N–H and O–H groups in total. The van der Waals surface area contributed by atoms with Crippen LogP contribution in [0, 0.1) is 0 Å². The Labute approximate surface area is 256 Å². The topological polar surface area (TPSA) is 114 Å². The number of hydrogen-bond acceptors (Lipinski definition) is 6. The summed E-state index contributed by atoms with van der Waals surface area (Å²) in [5.41, 5.74) is 1.00. The number of rotatable bonds is 12. The molecule has 2 aromatic rings. The molecular weight excluding hydrogens is 546 g/mol. The molecule has 3 unspecified atom stereocenters. The van der Waals surface area contributed by atoms with Gasteiger partial charge in [-0.1, -0.05) is 68.4 Å². The molecule has 0 saturated carbocycles. The van der Waals surface area contributed by atoms with Crippen LogP contribution in [0.4, 0.5) is 4.79 Å². The smallest absolute Gasteiger partial charge is 0.408 e. The maximum Gasteiger partial charge on any atom is 0.408 e. The highest BCUT2D eigenvalue weighted by Gasteiger charge is 2.37. The Morgan fingerprint density at radius 2 is 1.37 bits per heavy atom. The van der Waals surface area contributed by atoms with Crippen LogP contribution >= 0.6 is 0 Å². The molecule has 0 heterocycles. The van der Waals surface area contributed by atoms with Crippen molar-refractivity contribution in [3.63, 3.8) is 0 Å². The molecule has 236 valence electrons. The van der Waals surface area contributed by atoms with E-state index in [0.717, 1.165) is 17.5 Å². The molecule has 0 saturated heterocycles. The quantitative estimate of drug-likeness (QED) is 0.313. The number of aryl methyl sites for hydroxylation is 1. The largest absolute Gasteiger partial charge is 0.458 e. The van der Waals surface area contributed by atoms with Crippen LogP contribution in [0.5, 0.6) is 0 Å². The predicted molar refractivity (Wildman–Crippen MR) is 167 cm³/mol. The molecule has 0 aliphatic carbocycles. The fourth-order valence-corrected chi connectivity index (χ4v) is 4.48. The van der Waals surface area contributed by atoms with Crippen molar-refractivity contribution in [2.75, 3.05) is 6.54 Å². The summed E-state index contributed by atoms with van der Waals surface area (Å²) in [7, 11) is 0. The number of nitrogens with one attached hydrogen (secondary N) is 2. The van der Waals surface area contributed by atoms with Gasteiger partial charge in [0, 0.05) is 13.0 Å². The van der Waals surface area contributed by atoms with E-state index in [2.05, 4.69) is 10.6 Å². The average Bonchev–Trinajstić information content (AvgIpc) is 2.91. The van der Waals surface area contributed by atoms with E-state index in [1.807, 2.05) is 68.4 Å². The molecule has 0 aromatic heterocycles. The number of benzene rings is 2. The summed E-state index contributed by atoms with van der Waals surface area (Å²) in [5, 5.41) is 5.50. The van der Waals surface area contributed by atoms with Crippen molar-refractivity contribution >= 4 is 23.9 Å². The van der Waals surface area contributed by atoms with E-state index in [1.54, 1.807) is 48.5 Å². The molecule has 0 aliphatic rings. The minimum absolute atomic E-state index is 0.210. The highest BCUT2D eigenvalue weighted by molar-refractivity contribution is 5.93. The van der Waals surface area contributed by atoms with Crippen LogP contribution in [0.3, 0.4) is 0 Å². The van der Waals surface area contributed by atoms with Crippen LogP contribution in [0.15, 0.2) is 54.6 Å². The molecule has 3 atom stereocenters. The van der Waals surface area contributed by atoms with Gasteiger partial charge in [-0.2, -0.15) is 0 Å². The van der Waals surface area contributed by atoms with Crippen LogP contribution in [0.25, 0.3) is 0 Å². The number of nitrogens with zero attached hydrogens (tertiary/aromatic N) is 1. The summed E-state index contributed by atoms with van der Waals surface area (Å²) in [6.07, 6.45) is 0.845. The van der Waals surface area contributed by atoms with Crippen LogP contribution < -0.4 is 10.6 Å². The SMILES string of the molecule is CCCN(C(=O)C(C)NC(=O)OC(C)(C)C)C(C(=O)NC(Cc1ccccc1)C(=O)OC(C)(C)C)c1ccc(CC)cc1. The Bertz CT molecular complexity index is 1220. The van der Waals surface area contributed by atoms with E-state index in [4.69, 9.17) is 9.47 Å². The first-order valence-electron chi connectivity index (χ1n) is 15.0. The van der Waals surface area contributed by atoms with Gasteiger partial charge < -0.3 is 25.0 Å². The Hall–Kier alpha value is -3.88. The van der Waals surface area contributed by atoms with Crippen molar-refractivity contribution in [3.8, 4) is 0 Å². The molecule has 3 amide bonds. The van der Waals surface area contributed by atoms with Crippen molar-refractivity contribution in [2.24, 2.45) is 0 Å². The van der Waals surface area contributed by atoms with Crippen LogP contribution in [0.2, 0.25) is 0 Å². The molecule has 0 bridgehead atoms. The first-order chi connectivity index (χ1) is 20.0. The summed E-state index contributed by atoms with van der Waals surface area (Å²) >= 11 is 0. The summed E-state index contributed by atoms with van der Waals surface area (Å²) < 4.78 is 11.0. The Balaban J connectivity index is 2.49. The molecule has 2 aromatic carbocycles. The fourth-order valence-electron chi connectivity index (χ4n) is 4.48. The molecular formula is C34H49N3O6. The van der Waals surface area contributed by atoms with Gasteiger partial charge in [0.25, 0.3) is 0 Å². The maximum absolute atomic E-state index is 14.2. The van der Waals surface area contributed by atoms with Gasteiger partial charge in [-0.15, -0.1) is 0 Å². The lowest BCUT2D eigenvalue weighted by atomic mass is 9.99. The van der Waals surface area contributed by atoms with Crippen LogP contribution in [-0.4, -0.2) is 58.6 Å². The third-order valence-electron chi connectivity index (χ3n) is 6.41. The maximum atomic E-state index is 14.2. The van der Waals surface area contributed by atoms with E-state index >= 15 is 0 Å². The Morgan fingerprint density at radius 3 is 1.88 bits per heavy atom. The lowest BCUT2D eigenvalue weighted by Crippen LogP contribution is -2.54. The highest BCUT2D eigenvalue weighted by atomic mass is 16.6. The predicted octanol–water partition coefficient (Wildman–Crippen LogP) is 5.51. The monoisotopic (exact) mass is 595 g/mol. The summed E-state index contributed by atoms with van der Waals surface area (Å²) in [6.45, 7) is 16.2. The van der Waals surface area contributed by atoms with E-state index in [0.29, 0.717) is 12.0 Å². The molecule has 0 aliphatic heterocycles. The molecule has 0 fully saturated rings. The molecule has 43 heavy (non-hydrogen) atoms. The molecule has 2 rings (SSSR count). The van der Waals surface area contributed by atoms with E-state index < -0.39 is 53.2 Å². The highest BCUT2D eigenvalue weighted by Crippen LogP contribution is 2.25. The minimum atomic E-state index is -1.07.